The summed E-state index contributed by atoms with van der Waals surface area (Å²) in [7, 11) is 0. The van der Waals surface area contributed by atoms with Gasteiger partial charge in [0, 0.05) is 11.4 Å². The maximum absolute atomic E-state index is 12.4. The molecule has 0 aliphatic rings. The Morgan fingerprint density at radius 1 is 1.08 bits per heavy atom. The molecule has 3 aromatic rings. The highest BCUT2D eigenvalue weighted by Crippen LogP contribution is 2.19. The van der Waals surface area contributed by atoms with Gasteiger partial charge in [-0.1, -0.05) is 12.1 Å². The van der Waals surface area contributed by atoms with Gasteiger partial charge in [0.15, 0.2) is 0 Å². The van der Waals surface area contributed by atoms with Gasteiger partial charge in [-0.2, -0.15) is 0 Å². The second-order valence-corrected chi connectivity index (χ2v) is 5.94. The van der Waals surface area contributed by atoms with Crippen LogP contribution < -0.4 is 16.3 Å². The molecule has 0 spiro atoms. The van der Waals surface area contributed by atoms with Crippen LogP contribution in [0.15, 0.2) is 41.2 Å². The summed E-state index contributed by atoms with van der Waals surface area (Å²) in [5.74, 6) is -0.145. The molecule has 6 heteroatoms. The van der Waals surface area contributed by atoms with E-state index in [1.54, 1.807) is 18.2 Å². The number of fused-ring (bicyclic) bond motifs is 1. The molecule has 2 aromatic carbocycles. The third-order valence-corrected chi connectivity index (χ3v) is 4.15. The first-order chi connectivity index (χ1) is 11.4. The van der Waals surface area contributed by atoms with Crippen molar-refractivity contribution in [3.05, 3.63) is 58.0 Å². The molecule has 6 nitrogen and oxygen atoms in total. The minimum absolute atomic E-state index is 0.145. The molecular weight excluding hydrogens is 304 g/mol. The summed E-state index contributed by atoms with van der Waals surface area (Å²) >= 11 is 0. The second-order valence-electron chi connectivity index (χ2n) is 5.94. The lowest BCUT2D eigenvalue weighted by Crippen LogP contribution is -2.32. The number of carbonyl (C=O) groups excluding carboxylic acids is 1. The summed E-state index contributed by atoms with van der Waals surface area (Å²) in [5, 5.41) is 6.10. The van der Waals surface area contributed by atoms with Crippen LogP contribution in [0, 0.1) is 13.8 Å². The van der Waals surface area contributed by atoms with Crippen molar-refractivity contribution in [3.63, 3.8) is 0 Å². The zero-order valence-electron chi connectivity index (χ0n) is 13.9. The number of benzene rings is 2. The van der Waals surface area contributed by atoms with Crippen LogP contribution in [0.2, 0.25) is 0 Å². The summed E-state index contributed by atoms with van der Waals surface area (Å²) in [6, 6.07) is 10.8. The Kier molecular flexibility index (Phi) is 4.12. The van der Waals surface area contributed by atoms with Gasteiger partial charge in [-0.15, -0.1) is 0 Å². The Labute approximate surface area is 139 Å². The fraction of sp³-hybridized carbons (Fsp3) is 0.222. The van der Waals surface area contributed by atoms with E-state index in [1.165, 1.54) is 5.56 Å². The van der Waals surface area contributed by atoms with E-state index in [0.717, 1.165) is 11.3 Å². The van der Waals surface area contributed by atoms with Gasteiger partial charge < -0.3 is 20.6 Å². The zero-order valence-corrected chi connectivity index (χ0v) is 13.9. The monoisotopic (exact) mass is 324 g/mol. The summed E-state index contributed by atoms with van der Waals surface area (Å²) in [6.07, 6.45) is 0. The number of hydrogen-bond acceptors (Lipinski definition) is 3. The van der Waals surface area contributed by atoms with Gasteiger partial charge in [-0.25, -0.2) is 4.79 Å². The van der Waals surface area contributed by atoms with Gasteiger partial charge >= 0.3 is 5.69 Å². The highest BCUT2D eigenvalue weighted by Gasteiger charge is 2.14. The van der Waals surface area contributed by atoms with Gasteiger partial charge in [0.25, 0.3) is 0 Å². The molecule has 0 fully saturated rings. The topological polar surface area (TPSA) is 89.8 Å². The Morgan fingerprint density at radius 2 is 1.83 bits per heavy atom. The first-order valence-corrected chi connectivity index (χ1v) is 7.79. The zero-order chi connectivity index (χ0) is 17.3. The van der Waals surface area contributed by atoms with Gasteiger partial charge in [-0.3, -0.25) is 4.79 Å². The van der Waals surface area contributed by atoms with Crippen LogP contribution in [0.4, 0.5) is 11.4 Å². The second kappa shape index (κ2) is 6.23. The minimum Gasteiger partial charge on any atom is -0.374 e. The Morgan fingerprint density at radius 3 is 2.62 bits per heavy atom. The SMILES string of the molecule is Cc1cccc(N[C@H](C)C(=O)Nc2ccc3[nH]c(=O)[nH]c3c2)c1C. The lowest BCUT2D eigenvalue weighted by molar-refractivity contribution is -0.116. The van der Waals surface area contributed by atoms with Gasteiger partial charge in [0.05, 0.1) is 11.0 Å². The van der Waals surface area contributed by atoms with E-state index >= 15 is 0 Å². The number of amides is 1. The van der Waals surface area contributed by atoms with Crippen molar-refractivity contribution in [3.8, 4) is 0 Å². The molecule has 1 atom stereocenters. The van der Waals surface area contributed by atoms with E-state index in [0.29, 0.717) is 16.7 Å². The molecule has 1 heterocycles. The number of rotatable bonds is 4. The normalized spacial score (nSPS) is 12.1. The van der Waals surface area contributed by atoms with Crippen molar-refractivity contribution in [2.75, 3.05) is 10.6 Å². The summed E-state index contributed by atoms with van der Waals surface area (Å²) in [6.45, 7) is 5.88. The standard InChI is InChI=1S/C18H20N4O2/c1-10-5-4-6-14(11(10)2)19-12(3)17(23)20-13-7-8-15-16(9-13)22-18(24)21-15/h4-9,12,19H,1-3H3,(H,20,23)(H2,21,22,24)/t12-/m1/s1. The molecule has 1 amide bonds. The Bertz CT molecular complexity index is 955. The predicted octanol–water partition coefficient (Wildman–Crippen LogP) is 2.91. The highest BCUT2D eigenvalue weighted by atomic mass is 16.2. The van der Waals surface area contributed by atoms with Crippen molar-refractivity contribution < 1.29 is 4.79 Å². The van der Waals surface area contributed by atoms with E-state index < -0.39 is 6.04 Å². The molecule has 0 radical (unpaired) electrons. The van der Waals surface area contributed by atoms with E-state index in [4.69, 9.17) is 0 Å². The van der Waals surface area contributed by atoms with Crippen LogP contribution in [0.5, 0.6) is 0 Å². The van der Waals surface area contributed by atoms with E-state index in [2.05, 4.69) is 20.6 Å². The van der Waals surface area contributed by atoms with Crippen LogP contribution in [-0.2, 0) is 4.79 Å². The number of H-pyrrole nitrogens is 2. The number of hydrogen-bond donors (Lipinski definition) is 4. The first kappa shape index (κ1) is 15.9. The molecule has 4 N–H and O–H groups in total. The number of nitrogens with one attached hydrogen (secondary N) is 4. The largest absolute Gasteiger partial charge is 0.374 e. The van der Waals surface area contributed by atoms with Crippen LogP contribution in [0.1, 0.15) is 18.1 Å². The van der Waals surface area contributed by atoms with Crippen molar-refractivity contribution in [1.29, 1.82) is 0 Å². The smallest absolute Gasteiger partial charge is 0.323 e. The van der Waals surface area contributed by atoms with Crippen LogP contribution in [-0.4, -0.2) is 21.9 Å². The number of aromatic nitrogens is 2. The molecule has 124 valence electrons. The number of aromatic amines is 2. The van der Waals surface area contributed by atoms with E-state index in [-0.39, 0.29) is 11.6 Å². The predicted molar refractivity (Wildman–Crippen MR) is 96.5 cm³/mol. The molecule has 0 saturated heterocycles. The molecule has 0 unspecified atom stereocenters. The maximum atomic E-state index is 12.4. The molecule has 0 saturated carbocycles. The van der Waals surface area contributed by atoms with Crippen molar-refractivity contribution in [2.24, 2.45) is 0 Å². The molecule has 1 aromatic heterocycles. The first-order valence-electron chi connectivity index (χ1n) is 7.79. The third-order valence-electron chi connectivity index (χ3n) is 4.15. The Hall–Kier alpha value is -3.02. The third kappa shape index (κ3) is 3.17. The minimum atomic E-state index is -0.397. The quantitative estimate of drug-likeness (QED) is 0.595. The lowest BCUT2D eigenvalue weighted by Gasteiger charge is -2.17. The summed E-state index contributed by atoms with van der Waals surface area (Å²) < 4.78 is 0. The summed E-state index contributed by atoms with van der Waals surface area (Å²) in [4.78, 5) is 29.0. The fourth-order valence-corrected chi connectivity index (χ4v) is 2.57. The average Bonchev–Trinajstić information content (AvgIpc) is 2.91. The van der Waals surface area contributed by atoms with E-state index in [9.17, 15) is 9.59 Å². The molecule has 0 aliphatic carbocycles. The molecule has 0 bridgehead atoms. The average molecular weight is 324 g/mol. The van der Waals surface area contributed by atoms with E-state index in [1.807, 2.05) is 39.0 Å². The lowest BCUT2D eigenvalue weighted by atomic mass is 10.1. The number of aryl methyl sites for hydroxylation is 1. The maximum Gasteiger partial charge on any atom is 0.323 e. The van der Waals surface area contributed by atoms with Crippen LogP contribution in [0.25, 0.3) is 11.0 Å². The van der Waals surface area contributed by atoms with Gasteiger partial charge in [-0.05, 0) is 56.2 Å². The van der Waals surface area contributed by atoms with Crippen molar-refractivity contribution >= 4 is 28.3 Å². The number of carbonyl (C=O) groups is 1. The van der Waals surface area contributed by atoms with Gasteiger partial charge in [0.2, 0.25) is 5.91 Å². The molecule has 24 heavy (non-hydrogen) atoms. The molecular formula is C18H20N4O2. The van der Waals surface area contributed by atoms with Gasteiger partial charge in [0.1, 0.15) is 6.04 Å². The number of anilines is 2. The number of imidazole rings is 1. The fourth-order valence-electron chi connectivity index (χ4n) is 2.57. The van der Waals surface area contributed by atoms with Crippen molar-refractivity contribution in [2.45, 2.75) is 26.8 Å². The highest BCUT2D eigenvalue weighted by molar-refractivity contribution is 5.97. The summed E-state index contributed by atoms with van der Waals surface area (Å²) in [5.41, 5.74) is 4.99. The van der Waals surface area contributed by atoms with Crippen LogP contribution >= 0.6 is 0 Å². The molecule has 0 aliphatic heterocycles. The van der Waals surface area contributed by atoms with Crippen LogP contribution in [0.3, 0.4) is 0 Å². The molecule has 3 rings (SSSR count). The van der Waals surface area contributed by atoms with Crippen molar-refractivity contribution in [1.82, 2.24) is 9.97 Å². The Balaban J connectivity index is 1.73.